The molecule has 0 rings (SSSR count). The Bertz CT molecular complexity index is 230. The topological polar surface area (TPSA) is 55.1 Å². The van der Waals surface area contributed by atoms with E-state index in [1.54, 1.807) is 6.08 Å². The number of hydrogen-bond donors (Lipinski definition) is 2. The summed E-state index contributed by atoms with van der Waals surface area (Å²) in [6.45, 7) is 10.0. The van der Waals surface area contributed by atoms with Crippen molar-refractivity contribution in [2.75, 3.05) is 13.1 Å². The van der Waals surface area contributed by atoms with Crippen LogP contribution in [0.25, 0.3) is 0 Å². The Morgan fingerprint density at radius 3 is 2.47 bits per heavy atom. The fraction of sp³-hybridized carbons (Fsp3) is 0.417. The van der Waals surface area contributed by atoms with Crippen LogP contribution in [0.15, 0.2) is 36.5 Å². The maximum absolute atomic E-state index is 10.8. The third kappa shape index (κ3) is 10.6. The lowest BCUT2D eigenvalue weighted by Gasteiger charge is -2.03. The molecule has 15 heavy (non-hydrogen) atoms. The van der Waals surface area contributed by atoms with Gasteiger partial charge in [-0.05, 0) is 12.5 Å². The minimum absolute atomic E-state index is 0.0299. The van der Waals surface area contributed by atoms with Gasteiger partial charge in [-0.3, -0.25) is 4.79 Å². The van der Waals surface area contributed by atoms with Crippen molar-refractivity contribution in [1.29, 1.82) is 0 Å². The summed E-state index contributed by atoms with van der Waals surface area (Å²) in [5.41, 5.74) is 6.16. The first-order chi connectivity index (χ1) is 7.24. The highest BCUT2D eigenvalue weighted by atomic mass is 16.1. The van der Waals surface area contributed by atoms with E-state index in [0.717, 1.165) is 5.57 Å². The first-order valence-corrected chi connectivity index (χ1v) is 5.15. The van der Waals surface area contributed by atoms with E-state index in [0.29, 0.717) is 6.54 Å². The number of carbonyl (C=O) groups is 1. The van der Waals surface area contributed by atoms with Gasteiger partial charge >= 0.3 is 0 Å². The maximum Gasteiger partial charge on any atom is 0.234 e. The van der Waals surface area contributed by atoms with E-state index in [1.165, 1.54) is 0 Å². The summed E-state index contributed by atoms with van der Waals surface area (Å²) in [4.78, 5) is 10.8. The van der Waals surface area contributed by atoms with Gasteiger partial charge in [-0.25, -0.2) is 0 Å². The van der Waals surface area contributed by atoms with Crippen molar-refractivity contribution < 1.29 is 4.79 Å². The summed E-state index contributed by atoms with van der Waals surface area (Å²) < 4.78 is 0. The molecule has 0 aromatic rings. The molecular weight excluding hydrogens is 188 g/mol. The second-order valence-corrected chi connectivity index (χ2v) is 2.44. The van der Waals surface area contributed by atoms with Gasteiger partial charge in [0.25, 0.3) is 0 Å². The van der Waals surface area contributed by atoms with E-state index < -0.39 is 0 Å². The smallest absolute Gasteiger partial charge is 0.234 e. The van der Waals surface area contributed by atoms with Crippen LogP contribution < -0.4 is 11.1 Å². The van der Waals surface area contributed by atoms with Crippen LogP contribution in [0, 0.1) is 0 Å². The van der Waals surface area contributed by atoms with Crippen LogP contribution in [0.3, 0.4) is 0 Å². The van der Waals surface area contributed by atoms with Crippen molar-refractivity contribution >= 4 is 5.91 Å². The first kappa shape index (κ1) is 16.1. The van der Waals surface area contributed by atoms with E-state index >= 15 is 0 Å². The molecule has 0 aromatic heterocycles. The Morgan fingerprint density at radius 1 is 1.47 bits per heavy atom. The molecule has 0 saturated heterocycles. The molecule has 3 nitrogen and oxygen atoms in total. The van der Waals surface area contributed by atoms with Crippen molar-refractivity contribution in [3.8, 4) is 0 Å². The van der Waals surface area contributed by atoms with Crippen molar-refractivity contribution in [3.63, 3.8) is 0 Å². The fourth-order valence-electron chi connectivity index (χ4n) is 0.722. The minimum atomic E-state index is -0.147. The zero-order valence-corrected chi connectivity index (χ0v) is 9.92. The molecule has 0 radical (unpaired) electrons. The summed E-state index contributed by atoms with van der Waals surface area (Å²) in [6.07, 6.45) is 7.33. The third-order valence-electron chi connectivity index (χ3n) is 1.49. The molecule has 0 aliphatic rings. The summed E-state index contributed by atoms with van der Waals surface area (Å²) in [6, 6.07) is 0. The molecule has 0 saturated carbocycles. The number of amides is 1. The van der Waals surface area contributed by atoms with Crippen molar-refractivity contribution in [2.24, 2.45) is 5.73 Å². The minimum Gasteiger partial charge on any atom is -0.351 e. The lowest BCUT2D eigenvalue weighted by Crippen LogP contribution is -2.31. The molecule has 0 spiro atoms. The second-order valence-electron chi connectivity index (χ2n) is 2.44. The molecule has 3 N–H and O–H groups in total. The van der Waals surface area contributed by atoms with E-state index in [4.69, 9.17) is 5.73 Å². The monoisotopic (exact) mass is 210 g/mol. The summed E-state index contributed by atoms with van der Waals surface area (Å²) in [5.74, 6) is -0.147. The van der Waals surface area contributed by atoms with Crippen LogP contribution in [0.2, 0.25) is 0 Å². The Kier molecular flexibility index (Phi) is 13.6. The molecule has 0 atom stereocenters. The quantitative estimate of drug-likeness (QED) is 0.680. The number of nitrogens with two attached hydrogens (primary N) is 1. The number of rotatable bonds is 5. The summed E-state index contributed by atoms with van der Waals surface area (Å²) in [7, 11) is 0. The summed E-state index contributed by atoms with van der Waals surface area (Å²) in [5, 5.41) is 2.67. The molecule has 0 aliphatic heterocycles. The molecule has 1 amide bonds. The van der Waals surface area contributed by atoms with Crippen LogP contribution in [0.5, 0.6) is 0 Å². The maximum atomic E-state index is 10.8. The fourth-order valence-corrected chi connectivity index (χ4v) is 0.722. The average molecular weight is 210 g/mol. The van der Waals surface area contributed by atoms with Crippen molar-refractivity contribution in [2.45, 2.75) is 20.8 Å². The lowest BCUT2D eigenvalue weighted by atomic mass is 10.2. The lowest BCUT2D eigenvalue weighted by molar-refractivity contribution is -0.119. The van der Waals surface area contributed by atoms with E-state index in [1.807, 2.05) is 39.0 Å². The highest BCUT2D eigenvalue weighted by Crippen LogP contribution is 1.94. The van der Waals surface area contributed by atoms with E-state index in [2.05, 4.69) is 11.9 Å². The van der Waals surface area contributed by atoms with Crippen LogP contribution in [-0.2, 0) is 4.79 Å². The highest BCUT2D eigenvalue weighted by Gasteiger charge is 1.96. The van der Waals surface area contributed by atoms with Gasteiger partial charge in [0.15, 0.2) is 0 Å². The van der Waals surface area contributed by atoms with Gasteiger partial charge in [-0.15, -0.1) is 0 Å². The number of hydrogen-bond acceptors (Lipinski definition) is 2. The third-order valence-corrected chi connectivity index (χ3v) is 1.49. The molecule has 0 bridgehead atoms. The molecule has 3 heteroatoms. The van der Waals surface area contributed by atoms with Crippen LogP contribution in [0.1, 0.15) is 20.8 Å². The molecule has 0 unspecified atom stereocenters. The van der Waals surface area contributed by atoms with Gasteiger partial charge in [0.1, 0.15) is 0 Å². The predicted molar refractivity (Wildman–Crippen MR) is 66.5 cm³/mol. The van der Waals surface area contributed by atoms with Crippen molar-refractivity contribution in [1.82, 2.24) is 5.32 Å². The van der Waals surface area contributed by atoms with Gasteiger partial charge < -0.3 is 11.1 Å². The SMILES string of the molecule is C=C/C=C\C(=C/C)CNC(=O)CN.CC. The van der Waals surface area contributed by atoms with E-state index in [9.17, 15) is 4.79 Å². The zero-order chi connectivity index (χ0) is 12.1. The van der Waals surface area contributed by atoms with Gasteiger partial charge in [0.2, 0.25) is 5.91 Å². The van der Waals surface area contributed by atoms with Crippen LogP contribution >= 0.6 is 0 Å². The van der Waals surface area contributed by atoms with E-state index in [-0.39, 0.29) is 12.5 Å². The van der Waals surface area contributed by atoms with Crippen LogP contribution in [0.4, 0.5) is 0 Å². The largest absolute Gasteiger partial charge is 0.351 e. The molecule has 0 heterocycles. The Morgan fingerprint density at radius 2 is 2.07 bits per heavy atom. The molecule has 0 aliphatic carbocycles. The Balaban J connectivity index is 0. The Labute approximate surface area is 92.7 Å². The highest BCUT2D eigenvalue weighted by molar-refractivity contribution is 5.78. The predicted octanol–water partition coefficient (Wildman–Crippen LogP) is 1.78. The zero-order valence-electron chi connectivity index (χ0n) is 9.92. The summed E-state index contributed by atoms with van der Waals surface area (Å²) >= 11 is 0. The second kappa shape index (κ2) is 12.7. The Hall–Kier alpha value is -1.35. The number of nitrogens with one attached hydrogen (secondary N) is 1. The van der Waals surface area contributed by atoms with Gasteiger partial charge in [0.05, 0.1) is 6.54 Å². The molecule has 0 aromatic carbocycles. The number of allylic oxidation sites excluding steroid dienone is 3. The number of carbonyl (C=O) groups excluding carboxylic acids is 1. The average Bonchev–Trinajstić information content (AvgIpc) is 2.31. The van der Waals surface area contributed by atoms with Crippen LogP contribution in [-0.4, -0.2) is 19.0 Å². The van der Waals surface area contributed by atoms with Gasteiger partial charge in [0, 0.05) is 6.54 Å². The normalized spacial score (nSPS) is 10.5. The van der Waals surface area contributed by atoms with Crippen molar-refractivity contribution in [3.05, 3.63) is 36.5 Å². The molecule has 86 valence electrons. The van der Waals surface area contributed by atoms with Gasteiger partial charge in [-0.2, -0.15) is 0 Å². The van der Waals surface area contributed by atoms with Gasteiger partial charge in [-0.1, -0.05) is 44.7 Å². The molecular formula is C12H22N2O. The standard InChI is InChI=1S/C10H16N2O.C2H6/c1-3-5-6-9(4-2)8-12-10(13)7-11;1-2/h3-6H,1,7-8,11H2,2H3,(H,12,13);1-2H3/b6-5-,9-4+;. The first-order valence-electron chi connectivity index (χ1n) is 5.15. The molecule has 0 fully saturated rings.